The Kier molecular flexibility index (Phi) is 5.49. The topological polar surface area (TPSA) is 29.9 Å². The number of hydrogen-bond donors (Lipinski definition) is 1. The first-order chi connectivity index (χ1) is 7.60. The molecule has 16 heavy (non-hydrogen) atoms. The van der Waals surface area contributed by atoms with Crippen molar-refractivity contribution in [1.29, 1.82) is 0 Å². The summed E-state index contributed by atoms with van der Waals surface area (Å²) in [4.78, 5) is 0. The Bertz CT molecular complexity index is 333. The van der Waals surface area contributed by atoms with Gasteiger partial charge in [-0.25, -0.2) is 0 Å². The molecule has 0 saturated heterocycles. The van der Waals surface area contributed by atoms with Gasteiger partial charge in [0.15, 0.2) is 0 Å². The SMILES string of the molecule is CCCC(C)NCc1c(Br)c(CC)nn1C. The summed E-state index contributed by atoms with van der Waals surface area (Å²) >= 11 is 3.63. The van der Waals surface area contributed by atoms with Crippen LogP contribution in [0.25, 0.3) is 0 Å². The number of nitrogens with zero attached hydrogens (tertiary/aromatic N) is 2. The first-order valence-electron chi connectivity index (χ1n) is 6.03. The Balaban J connectivity index is 2.63. The van der Waals surface area contributed by atoms with Gasteiger partial charge in [0.25, 0.3) is 0 Å². The number of rotatable bonds is 6. The molecule has 92 valence electrons. The molecular formula is C12H22BrN3. The highest BCUT2D eigenvalue weighted by molar-refractivity contribution is 9.10. The maximum Gasteiger partial charge on any atom is 0.0767 e. The second-order valence-corrected chi connectivity index (χ2v) is 5.05. The van der Waals surface area contributed by atoms with Gasteiger partial charge in [0, 0.05) is 19.6 Å². The molecule has 1 aromatic rings. The molecule has 3 nitrogen and oxygen atoms in total. The molecule has 0 bridgehead atoms. The summed E-state index contributed by atoms with van der Waals surface area (Å²) < 4.78 is 3.13. The molecular weight excluding hydrogens is 266 g/mol. The van der Waals surface area contributed by atoms with Gasteiger partial charge in [-0.1, -0.05) is 20.3 Å². The third-order valence-electron chi connectivity index (χ3n) is 2.84. The predicted octanol–water partition coefficient (Wildman–Crippen LogP) is 3.02. The van der Waals surface area contributed by atoms with Crippen molar-refractivity contribution in [1.82, 2.24) is 15.1 Å². The van der Waals surface area contributed by atoms with Crippen LogP contribution in [-0.2, 0) is 20.0 Å². The zero-order chi connectivity index (χ0) is 12.1. The van der Waals surface area contributed by atoms with Crippen LogP contribution in [0.1, 0.15) is 45.0 Å². The van der Waals surface area contributed by atoms with Crippen LogP contribution in [0.4, 0.5) is 0 Å². The van der Waals surface area contributed by atoms with Gasteiger partial charge >= 0.3 is 0 Å². The van der Waals surface area contributed by atoms with Crippen molar-refractivity contribution in [3.8, 4) is 0 Å². The maximum absolute atomic E-state index is 4.48. The van der Waals surface area contributed by atoms with Gasteiger partial charge in [-0.2, -0.15) is 5.10 Å². The molecule has 0 saturated carbocycles. The zero-order valence-electron chi connectivity index (χ0n) is 10.7. The lowest BCUT2D eigenvalue weighted by atomic mass is 10.2. The molecule has 1 N–H and O–H groups in total. The van der Waals surface area contributed by atoms with Crippen LogP contribution in [0.3, 0.4) is 0 Å². The molecule has 0 aliphatic heterocycles. The molecule has 1 rings (SSSR count). The van der Waals surface area contributed by atoms with Gasteiger partial charge in [-0.3, -0.25) is 4.68 Å². The van der Waals surface area contributed by atoms with Crippen LogP contribution in [0.2, 0.25) is 0 Å². The largest absolute Gasteiger partial charge is 0.309 e. The molecule has 0 spiro atoms. The summed E-state index contributed by atoms with van der Waals surface area (Å²) in [5, 5.41) is 8.01. The van der Waals surface area contributed by atoms with E-state index in [-0.39, 0.29) is 0 Å². The lowest BCUT2D eigenvalue weighted by molar-refractivity contribution is 0.494. The van der Waals surface area contributed by atoms with E-state index in [0.717, 1.165) is 23.1 Å². The zero-order valence-corrected chi connectivity index (χ0v) is 12.3. The van der Waals surface area contributed by atoms with Crippen molar-refractivity contribution in [3.05, 3.63) is 15.9 Å². The van der Waals surface area contributed by atoms with Gasteiger partial charge in [-0.15, -0.1) is 0 Å². The maximum atomic E-state index is 4.48. The third kappa shape index (κ3) is 3.32. The molecule has 4 heteroatoms. The summed E-state index contributed by atoms with van der Waals surface area (Å²) in [7, 11) is 2.01. The van der Waals surface area contributed by atoms with Crippen LogP contribution in [0.5, 0.6) is 0 Å². The van der Waals surface area contributed by atoms with E-state index in [4.69, 9.17) is 0 Å². The van der Waals surface area contributed by atoms with E-state index in [1.807, 2.05) is 11.7 Å². The van der Waals surface area contributed by atoms with Gasteiger partial charge in [0.2, 0.25) is 0 Å². The minimum Gasteiger partial charge on any atom is -0.309 e. The lowest BCUT2D eigenvalue weighted by Gasteiger charge is -2.12. The highest BCUT2D eigenvalue weighted by Gasteiger charge is 2.12. The van der Waals surface area contributed by atoms with Gasteiger partial charge < -0.3 is 5.32 Å². The number of halogens is 1. The van der Waals surface area contributed by atoms with E-state index in [9.17, 15) is 0 Å². The van der Waals surface area contributed by atoms with E-state index in [1.54, 1.807) is 0 Å². The van der Waals surface area contributed by atoms with Crippen LogP contribution in [0.15, 0.2) is 4.47 Å². The van der Waals surface area contributed by atoms with Crippen LogP contribution < -0.4 is 5.32 Å². The van der Waals surface area contributed by atoms with Crippen LogP contribution in [-0.4, -0.2) is 15.8 Å². The Morgan fingerprint density at radius 3 is 2.62 bits per heavy atom. The van der Waals surface area contributed by atoms with Gasteiger partial charge in [0.1, 0.15) is 0 Å². The lowest BCUT2D eigenvalue weighted by Crippen LogP contribution is -2.26. The highest BCUT2D eigenvalue weighted by atomic mass is 79.9. The first kappa shape index (κ1) is 13.7. The van der Waals surface area contributed by atoms with Gasteiger partial charge in [0.05, 0.1) is 15.9 Å². The molecule has 1 heterocycles. The normalized spacial score (nSPS) is 13.1. The average molecular weight is 288 g/mol. The molecule has 0 radical (unpaired) electrons. The summed E-state index contributed by atoms with van der Waals surface area (Å²) in [6.45, 7) is 7.46. The standard InChI is InChI=1S/C12H22BrN3/c1-5-7-9(3)14-8-11-12(13)10(6-2)15-16(11)4/h9,14H,5-8H2,1-4H3. The fourth-order valence-electron chi connectivity index (χ4n) is 1.82. The van der Waals surface area contributed by atoms with Crippen molar-refractivity contribution >= 4 is 15.9 Å². The monoisotopic (exact) mass is 287 g/mol. The smallest absolute Gasteiger partial charge is 0.0767 e. The Morgan fingerprint density at radius 1 is 1.44 bits per heavy atom. The Morgan fingerprint density at radius 2 is 2.12 bits per heavy atom. The summed E-state index contributed by atoms with van der Waals surface area (Å²) in [6, 6.07) is 0.567. The Labute approximate surface area is 107 Å². The van der Waals surface area contributed by atoms with Gasteiger partial charge in [-0.05, 0) is 35.7 Å². The predicted molar refractivity (Wildman–Crippen MR) is 71.5 cm³/mol. The van der Waals surface area contributed by atoms with Crippen LogP contribution in [0, 0.1) is 0 Å². The highest BCUT2D eigenvalue weighted by Crippen LogP contribution is 2.21. The fraction of sp³-hybridized carbons (Fsp3) is 0.750. The average Bonchev–Trinajstić information content (AvgIpc) is 2.52. The number of aryl methyl sites for hydroxylation is 2. The van der Waals surface area contributed by atoms with E-state index < -0.39 is 0 Å². The molecule has 0 amide bonds. The molecule has 0 fully saturated rings. The number of aromatic nitrogens is 2. The van der Waals surface area contributed by atoms with Crippen molar-refractivity contribution in [2.75, 3.05) is 0 Å². The molecule has 0 aliphatic rings. The van der Waals surface area contributed by atoms with Crippen molar-refractivity contribution in [3.63, 3.8) is 0 Å². The van der Waals surface area contributed by atoms with Crippen molar-refractivity contribution in [2.24, 2.45) is 7.05 Å². The quantitative estimate of drug-likeness (QED) is 0.872. The number of hydrogen-bond acceptors (Lipinski definition) is 2. The molecule has 0 aliphatic carbocycles. The first-order valence-corrected chi connectivity index (χ1v) is 6.83. The molecule has 1 aromatic heterocycles. The third-order valence-corrected chi connectivity index (χ3v) is 3.76. The summed E-state index contributed by atoms with van der Waals surface area (Å²) in [6.07, 6.45) is 3.41. The van der Waals surface area contributed by atoms with Crippen molar-refractivity contribution in [2.45, 2.75) is 52.6 Å². The Hall–Kier alpha value is -0.350. The molecule has 0 aromatic carbocycles. The second-order valence-electron chi connectivity index (χ2n) is 4.26. The van der Waals surface area contributed by atoms with E-state index in [1.165, 1.54) is 18.5 Å². The second kappa shape index (κ2) is 6.40. The van der Waals surface area contributed by atoms with Crippen LogP contribution >= 0.6 is 15.9 Å². The molecule has 1 atom stereocenters. The van der Waals surface area contributed by atoms with Crippen molar-refractivity contribution < 1.29 is 0 Å². The summed E-state index contributed by atoms with van der Waals surface area (Å²) in [5.74, 6) is 0. The minimum atomic E-state index is 0.567. The van der Waals surface area contributed by atoms with E-state index in [0.29, 0.717) is 6.04 Å². The summed E-state index contributed by atoms with van der Waals surface area (Å²) in [5.41, 5.74) is 2.38. The number of nitrogens with one attached hydrogen (secondary N) is 1. The molecule has 1 unspecified atom stereocenters. The minimum absolute atomic E-state index is 0.567. The van der Waals surface area contributed by atoms with E-state index >= 15 is 0 Å². The fourth-order valence-corrected chi connectivity index (χ4v) is 2.57. The van der Waals surface area contributed by atoms with E-state index in [2.05, 4.69) is 47.1 Å².